The molecule has 0 bridgehead atoms. The molecule has 1 fully saturated rings. The zero-order valence-electron chi connectivity index (χ0n) is 13.1. The molecule has 6 heteroatoms. The number of hydrogen-bond acceptors (Lipinski definition) is 3. The first kappa shape index (κ1) is 16.6. The van der Waals surface area contributed by atoms with Crippen LogP contribution in [0.4, 0.5) is 0 Å². The molecular weight excluding hydrogens is 302 g/mol. The fraction of sp³-hybridized carbons (Fsp3) is 0.438. The monoisotopic (exact) mass is 323 g/mol. The number of aryl methyl sites for hydroxylation is 1. The van der Waals surface area contributed by atoms with Crippen LogP contribution in [0, 0.1) is 0 Å². The molecule has 1 atom stereocenters. The van der Waals surface area contributed by atoms with Crippen molar-refractivity contribution in [1.29, 1.82) is 0 Å². The van der Waals surface area contributed by atoms with Crippen molar-refractivity contribution < 1.29 is 9.53 Å². The number of piperazine rings is 1. The highest BCUT2D eigenvalue weighted by Gasteiger charge is 2.26. The minimum atomic E-state index is 0. The van der Waals surface area contributed by atoms with Gasteiger partial charge >= 0.3 is 0 Å². The Kier molecular flexibility index (Phi) is 4.98. The van der Waals surface area contributed by atoms with Crippen molar-refractivity contribution in [1.82, 2.24) is 14.8 Å². The molecule has 22 heavy (non-hydrogen) atoms. The van der Waals surface area contributed by atoms with Gasteiger partial charge in [0.1, 0.15) is 11.4 Å². The van der Waals surface area contributed by atoms with Crippen LogP contribution >= 0.6 is 12.4 Å². The number of aromatic nitrogens is 1. The van der Waals surface area contributed by atoms with E-state index >= 15 is 0 Å². The lowest BCUT2D eigenvalue weighted by atomic mass is 10.2. The summed E-state index contributed by atoms with van der Waals surface area (Å²) < 4.78 is 7.22. The zero-order valence-corrected chi connectivity index (χ0v) is 13.9. The third-order valence-corrected chi connectivity index (χ3v) is 4.23. The summed E-state index contributed by atoms with van der Waals surface area (Å²) in [5, 5.41) is 4.37. The number of nitrogens with zero attached hydrogens (tertiary/aromatic N) is 2. The second-order valence-electron chi connectivity index (χ2n) is 5.57. The highest BCUT2D eigenvalue weighted by atomic mass is 35.5. The summed E-state index contributed by atoms with van der Waals surface area (Å²) in [6, 6.07) is 8.06. The van der Waals surface area contributed by atoms with Gasteiger partial charge in [-0.15, -0.1) is 12.4 Å². The molecule has 0 radical (unpaired) electrons. The van der Waals surface area contributed by atoms with Crippen LogP contribution in [0.2, 0.25) is 0 Å². The van der Waals surface area contributed by atoms with Gasteiger partial charge in [0, 0.05) is 44.2 Å². The Morgan fingerprint density at radius 2 is 2.14 bits per heavy atom. The van der Waals surface area contributed by atoms with Crippen molar-refractivity contribution in [2.75, 3.05) is 26.7 Å². The van der Waals surface area contributed by atoms with Gasteiger partial charge in [0.2, 0.25) is 0 Å². The van der Waals surface area contributed by atoms with E-state index < -0.39 is 0 Å². The van der Waals surface area contributed by atoms with Crippen molar-refractivity contribution >= 4 is 29.2 Å². The van der Waals surface area contributed by atoms with E-state index in [1.165, 1.54) is 0 Å². The van der Waals surface area contributed by atoms with Gasteiger partial charge in [-0.05, 0) is 25.1 Å². The minimum Gasteiger partial charge on any atom is -0.497 e. The standard InChI is InChI=1S/C16H21N3O2.ClH/c1-11-10-17-6-7-19(11)16(20)15-8-12-4-5-13(21-3)9-14(12)18(15)2;/h4-5,8-9,11,17H,6-7,10H2,1-3H3;1H/t11-;/m0./s1. The number of carbonyl (C=O) groups is 1. The van der Waals surface area contributed by atoms with Crippen LogP contribution in [0.1, 0.15) is 17.4 Å². The van der Waals surface area contributed by atoms with Crippen LogP contribution in [0.3, 0.4) is 0 Å². The second kappa shape index (κ2) is 6.58. The van der Waals surface area contributed by atoms with Crippen LogP contribution in [-0.4, -0.2) is 48.2 Å². The third-order valence-electron chi connectivity index (χ3n) is 4.23. The predicted octanol–water partition coefficient (Wildman–Crippen LogP) is 2.04. The molecule has 3 rings (SSSR count). The van der Waals surface area contributed by atoms with E-state index in [0.29, 0.717) is 0 Å². The maximum Gasteiger partial charge on any atom is 0.270 e. The average Bonchev–Trinajstić information content (AvgIpc) is 2.83. The van der Waals surface area contributed by atoms with Crippen molar-refractivity contribution in [3.63, 3.8) is 0 Å². The Bertz CT molecular complexity index is 683. The highest BCUT2D eigenvalue weighted by molar-refractivity contribution is 5.99. The summed E-state index contributed by atoms with van der Waals surface area (Å²) >= 11 is 0. The van der Waals surface area contributed by atoms with Crippen molar-refractivity contribution in [3.05, 3.63) is 30.0 Å². The molecule has 1 aromatic heterocycles. The van der Waals surface area contributed by atoms with Gasteiger partial charge in [-0.1, -0.05) is 0 Å². The summed E-state index contributed by atoms with van der Waals surface area (Å²) in [4.78, 5) is 14.7. The van der Waals surface area contributed by atoms with E-state index in [1.807, 2.05) is 40.8 Å². The topological polar surface area (TPSA) is 46.5 Å². The van der Waals surface area contributed by atoms with E-state index in [9.17, 15) is 4.79 Å². The number of rotatable bonds is 2. The van der Waals surface area contributed by atoms with Crippen LogP contribution in [0.5, 0.6) is 5.75 Å². The first-order chi connectivity index (χ1) is 10.1. The lowest BCUT2D eigenvalue weighted by Gasteiger charge is -2.34. The summed E-state index contributed by atoms with van der Waals surface area (Å²) in [5.74, 6) is 0.903. The smallest absolute Gasteiger partial charge is 0.270 e. The Hall–Kier alpha value is -1.72. The number of nitrogens with one attached hydrogen (secondary N) is 1. The van der Waals surface area contributed by atoms with E-state index in [4.69, 9.17) is 4.74 Å². The van der Waals surface area contributed by atoms with E-state index in [-0.39, 0.29) is 24.4 Å². The summed E-state index contributed by atoms with van der Waals surface area (Å²) in [5.41, 5.74) is 1.74. The molecule has 5 nitrogen and oxygen atoms in total. The van der Waals surface area contributed by atoms with Crippen molar-refractivity contribution in [2.24, 2.45) is 7.05 Å². The SMILES string of the molecule is COc1ccc2cc(C(=O)N3CCNC[C@@H]3C)n(C)c2c1.Cl. The minimum absolute atomic E-state index is 0. The molecular formula is C16H22ClN3O2. The molecule has 1 saturated heterocycles. The first-order valence-corrected chi connectivity index (χ1v) is 7.27. The number of fused-ring (bicyclic) bond motifs is 1. The maximum absolute atomic E-state index is 12.8. The normalized spacial score (nSPS) is 18.1. The van der Waals surface area contributed by atoms with Crippen molar-refractivity contribution in [3.8, 4) is 5.75 Å². The Balaban J connectivity index is 0.00000176. The van der Waals surface area contributed by atoms with Gasteiger partial charge in [-0.25, -0.2) is 0 Å². The zero-order chi connectivity index (χ0) is 15.0. The van der Waals surface area contributed by atoms with Gasteiger partial charge in [0.15, 0.2) is 0 Å². The van der Waals surface area contributed by atoms with E-state index in [0.717, 1.165) is 42.0 Å². The largest absolute Gasteiger partial charge is 0.497 e. The van der Waals surface area contributed by atoms with E-state index in [1.54, 1.807) is 7.11 Å². The number of ether oxygens (including phenoxy) is 1. The number of amides is 1. The molecule has 120 valence electrons. The summed E-state index contributed by atoms with van der Waals surface area (Å²) in [6.45, 7) is 4.54. The lowest BCUT2D eigenvalue weighted by molar-refractivity contribution is 0.0646. The molecule has 2 heterocycles. The van der Waals surface area contributed by atoms with Crippen LogP contribution < -0.4 is 10.1 Å². The van der Waals surface area contributed by atoms with Crippen molar-refractivity contribution in [2.45, 2.75) is 13.0 Å². The fourth-order valence-electron chi connectivity index (χ4n) is 2.93. The summed E-state index contributed by atoms with van der Waals surface area (Å²) in [6.07, 6.45) is 0. The molecule has 0 saturated carbocycles. The molecule has 1 N–H and O–H groups in total. The molecule has 1 aromatic carbocycles. The summed E-state index contributed by atoms with van der Waals surface area (Å²) in [7, 11) is 3.58. The molecule has 0 aliphatic carbocycles. The van der Waals surface area contributed by atoms with Crippen LogP contribution in [0.15, 0.2) is 24.3 Å². The van der Waals surface area contributed by atoms with Gasteiger partial charge in [0.05, 0.1) is 12.6 Å². The second-order valence-corrected chi connectivity index (χ2v) is 5.57. The molecule has 2 aromatic rings. The Labute approximate surface area is 136 Å². The highest BCUT2D eigenvalue weighted by Crippen LogP contribution is 2.25. The maximum atomic E-state index is 12.8. The van der Waals surface area contributed by atoms with Gasteiger partial charge < -0.3 is 19.5 Å². The fourth-order valence-corrected chi connectivity index (χ4v) is 2.93. The van der Waals surface area contributed by atoms with Gasteiger partial charge in [0.25, 0.3) is 5.91 Å². The van der Waals surface area contributed by atoms with Crippen LogP contribution in [-0.2, 0) is 7.05 Å². The number of methoxy groups -OCH3 is 1. The first-order valence-electron chi connectivity index (χ1n) is 7.27. The molecule has 1 aliphatic heterocycles. The average molecular weight is 324 g/mol. The number of carbonyl (C=O) groups excluding carboxylic acids is 1. The Morgan fingerprint density at radius 1 is 1.36 bits per heavy atom. The third kappa shape index (κ3) is 2.78. The van der Waals surface area contributed by atoms with Gasteiger partial charge in [-0.2, -0.15) is 0 Å². The number of benzene rings is 1. The molecule has 1 aliphatic rings. The predicted molar refractivity (Wildman–Crippen MR) is 90.1 cm³/mol. The molecule has 0 unspecified atom stereocenters. The lowest BCUT2D eigenvalue weighted by Crippen LogP contribution is -2.52. The molecule has 1 amide bonds. The number of hydrogen-bond donors (Lipinski definition) is 1. The number of halogens is 1. The molecule has 0 spiro atoms. The van der Waals surface area contributed by atoms with Gasteiger partial charge in [-0.3, -0.25) is 4.79 Å². The van der Waals surface area contributed by atoms with E-state index in [2.05, 4.69) is 12.2 Å². The quantitative estimate of drug-likeness (QED) is 0.920. The Morgan fingerprint density at radius 3 is 2.82 bits per heavy atom. The van der Waals surface area contributed by atoms with Crippen LogP contribution in [0.25, 0.3) is 10.9 Å².